The van der Waals surface area contributed by atoms with Crippen LogP contribution in [0.15, 0.2) is 94.7 Å². The van der Waals surface area contributed by atoms with E-state index < -0.39 is 0 Å². The molecule has 0 aliphatic carbocycles. The molecule has 308 valence electrons. The number of fused-ring (bicyclic) bond motifs is 8. The van der Waals surface area contributed by atoms with Gasteiger partial charge >= 0.3 is 0 Å². The number of nitrogens with zero attached hydrogens (tertiary/aromatic N) is 15. The number of anilines is 2. The second kappa shape index (κ2) is 16.2. The van der Waals surface area contributed by atoms with Gasteiger partial charge in [-0.25, -0.2) is 19.3 Å². The predicted molar refractivity (Wildman–Crippen MR) is 226 cm³/mol. The zero-order valence-electron chi connectivity index (χ0n) is 33.3. The van der Waals surface area contributed by atoms with E-state index in [-0.39, 0.29) is 11.9 Å². The van der Waals surface area contributed by atoms with Gasteiger partial charge in [0.1, 0.15) is 0 Å². The van der Waals surface area contributed by atoms with Gasteiger partial charge in [-0.3, -0.25) is 14.9 Å². The van der Waals surface area contributed by atoms with Gasteiger partial charge in [0, 0.05) is 75.9 Å². The first-order valence-electron chi connectivity index (χ1n) is 20.1. The van der Waals surface area contributed by atoms with Crippen LogP contribution in [-0.4, -0.2) is 93.2 Å². The van der Waals surface area contributed by atoms with Gasteiger partial charge in [-0.05, 0) is 53.9 Å². The summed E-state index contributed by atoms with van der Waals surface area (Å²) in [7, 11) is 0. The van der Waals surface area contributed by atoms with Crippen molar-refractivity contribution in [2.24, 2.45) is 0 Å². The molecule has 0 saturated heterocycles. The number of nitrogen functional groups attached to an aromatic ring is 2. The van der Waals surface area contributed by atoms with E-state index in [9.17, 15) is 0 Å². The van der Waals surface area contributed by atoms with Gasteiger partial charge in [-0.2, -0.15) is 29.2 Å². The Balaban J connectivity index is 0.000000124. The molecule has 0 atom stereocenters. The van der Waals surface area contributed by atoms with Crippen LogP contribution < -0.4 is 16.8 Å². The number of furan rings is 2. The average molecular weight is 819 g/mol. The maximum atomic E-state index is 6.17. The third-order valence-electron chi connectivity index (χ3n) is 10.6. The van der Waals surface area contributed by atoms with Crippen LogP contribution >= 0.6 is 0 Å². The fourth-order valence-corrected chi connectivity index (χ4v) is 7.61. The van der Waals surface area contributed by atoms with E-state index in [1.165, 1.54) is 31.5 Å². The topological polar surface area (TPSA) is 241 Å². The van der Waals surface area contributed by atoms with E-state index in [2.05, 4.69) is 79.6 Å². The molecular formula is C41H42N18O2. The zero-order chi connectivity index (χ0) is 41.3. The molecule has 61 heavy (non-hydrogen) atoms. The molecule has 5 N–H and O–H groups in total. The molecule has 0 radical (unpaired) electrons. The first kappa shape index (κ1) is 37.7. The van der Waals surface area contributed by atoms with Crippen molar-refractivity contribution in [3.05, 3.63) is 108 Å². The van der Waals surface area contributed by atoms with Crippen LogP contribution in [0.1, 0.15) is 35.9 Å². The normalized spacial score (nSPS) is 13.9. The maximum absolute atomic E-state index is 6.17. The zero-order valence-corrected chi connectivity index (χ0v) is 33.3. The standard InChI is InChI=1S/C20H19N9O.C13H13N7O.C8H10N2/c21-20-25-18-14(19-24-17(26-29(19)20)16-4-2-10-30-16)11-23-28(18)9-8-27-7-5-15-13(12-27)3-1-6-22-15;1-2-5-19-11-8(7-15-19)12-16-10(9-4-3-6-21-9)18-20(12)13(14)17-11;1-2-7-6-9-5-3-8(7)10-4-1/h1-4,6,10-11H,5,7-9,12H2,(H2,21,25);3-4,6-7H,2,5H2,1H3,(H2,14,17);1-2,4,9H,3,5-6H2. The fourth-order valence-electron chi connectivity index (χ4n) is 7.61. The Morgan fingerprint density at radius 1 is 0.656 bits per heavy atom. The highest BCUT2D eigenvalue weighted by Crippen LogP contribution is 2.25. The summed E-state index contributed by atoms with van der Waals surface area (Å²) in [5.41, 5.74) is 20.0. The third-order valence-corrected chi connectivity index (χ3v) is 10.6. The summed E-state index contributed by atoms with van der Waals surface area (Å²) in [4.78, 5) is 29.2. The molecule has 0 unspecified atom stereocenters. The van der Waals surface area contributed by atoms with Gasteiger partial charge in [0.2, 0.25) is 23.5 Å². The minimum atomic E-state index is 0.266. The smallest absolute Gasteiger partial charge is 0.225 e. The highest BCUT2D eigenvalue weighted by atomic mass is 16.3. The van der Waals surface area contributed by atoms with Gasteiger partial charge in [0.05, 0.1) is 42.2 Å². The molecular weight excluding hydrogens is 777 g/mol. The number of hydrogen-bond donors (Lipinski definition) is 3. The number of pyridine rings is 2. The molecule has 20 heteroatoms. The van der Waals surface area contributed by atoms with Crippen LogP contribution in [0.4, 0.5) is 11.9 Å². The molecule has 10 aromatic rings. The van der Waals surface area contributed by atoms with E-state index in [1.807, 2.05) is 40.0 Å². The highest BCUT2D eigenvalue weighted by Gasteiger charge is 2.21. The Hall–Kier alpha value is -7.58. The van der Waals surface area contributed by atoms with Crippen LogP contribution in [0.3, 0.4) is 0 Å². The van der Waals surface area contributed by atoms with Crippen LogP contribution in [0.2, 0.25) is 0 Å². The van der Waals surface area contributed by atoms with Crippen LogP contribution in [0.5, 0.6) is 0 Å². The van der Waals surface area contributed by atoms with Crippen LogP contribution in [0, 0.1) is 0 Å². The molecule has 0 spiro atoms. The van der Waals surface area contributed by atoms with Crippen molar-refractivity contribution in [1.29, 1.82) is 0 Å². The fraction of sp³-hybridized carbons (Fsp3) is 0.268. The molecule has 0 fully saturated rings. The number of nitrogens with one attached hydrogen (secondary N) is 1. The minimum absolute atomic E-state index is 0.266. The lowest BCUT2D eigenvalue weighted by Gasteiger charge is -2.27. The molecule has 12 rings (SSSR count). The maximum Gasteiger partial charge on any atom is 0.225 e. The monoisotopic (exact) mass is 818 g/mol. The van der Waals surface area contributed by atoms with Crippen molar-refractivity contribution in [3.8, 4) is 23.2 Å². The van der Waals surface area contributed by atoms with Crippen molar-refractivity contribution in [2.45, 2.75) is 52.4 Å². The average Bonchev–Trinajstić information content (AvgIpc) is 4.15. The lowest BCUT2D eigenvalue weighted by Crippen LogP contribution is -2.33. The van der Waals surface area contributed by atoms with E-state index in [0.717, 1.165) is 75.0 Å². The first-order chi connectivity index (χ1) is 30.0. The van der Waals surface area contributed by atoms with E-state index in [0.29, 0.717) is 46.7 Å². The Bertz CT molecular complexity index is 3060. The number of aryl methyl sites for hydroxylation is 1. The molecule has 10 aromatic heterocycles. The summed E-state index contributed by atoms with van der Waals surface area (Å²) in [5.74, 6) is 2.66. The SMILES string of the molecule is CCCn1ncc2c1nc(N)n1nc(-c3ccco3)nc21.Nc1nc2c(cnn2CCN2CCc3ncccc3C2)c2nc(-c3ccco3)nn12.c1cnc2c(c1)CNCC2. The summed E-state index contributed by atoms with van der Waals surface area (Å²) >= 11 is 0. The Morgan fingerprint density at radius 3 is 1.82 bits per heavy atom. The van der Waals surface area contributed by atoms with Crippen molar-refractivity contribution >= 4 is 45.3 Å². The van der Waals surface area contributed by atoms with E-state index >= 15 is 0 Å². The molecule has 2 aliphatic rings. The minimum Gasteiger partial charge on any atom is -0.461 e. The largest absolute Gasteiger partial charge is 0.461 e. The molecule has 12 heterocycles. The van der Waals surface area contributed by atoms with Gasteiger partial charge in [-0.15, -0.1) is 10.2 Å². The molecule has 0 aromatic carbocycles. The van der Waals surface area contributed by atoms with Crippen molar-refractivity contribution in [3.63, 3.8) is 0 Å². The molecule has 20 nitrogen and oxygen atoms in total. The van der Waals surface area contributed by atoms with Gasteiger partial charge in [0.25, 0.3) is 0 Å². The Labute approximate surface area is 347 Å². The van der Waals surface area contributed by atoms with Gasteiger partial charge < -0.3 is 25.6 Å². The van der Waals surface area contributed by atoms with Crippen LogP contribution in [0.25, 0.3) is 56.5 Å². The number of rotatable bonds is 7. The third kappa shape index (κ3) is 7.38. The van der Waals surface area contributed by atoms with Gasteiger partial charge in [0.15, 0.2) is 34.1 Å². The molecule has 0 bridgehead atoms. The lowest BCUT2D eigenvalue weighted by atomic mass is 10.1. The van der Waals surface area contributed by atoms with Crippen molar-refractivity contribution in [1.82, 2.24) is 78.9 Å². The highest BCUT2D eigenvalue weighted by molar-refractivity contribution is 5.91. The summed E-state index contributed by atoms with van der Waals surface area (Å²) in [6.45, 7) is 8.39. The molecule has 0 saturated carbocycles. The lowest BCUT2D eigenvalue weighted by molar-refractivity contribution is 0.239. The van der Waals surface area contributed by atoms with E-state index in [4.69, 9.17) is 20.3 Å². The number of nitrogens with two attached hydrogens (primary N) is 2. The number of aromatic nitrogens is 14. The van der Waals surface area contributed by atoms with E-state index in [1.54, 1.807) is 43.1 Å². The second-order valence-corrected chi connectivity index (χ2v) is 14.6. The van der Waals surface area contributed by atoms with Gasteiger partial charge in [-0.1, -0.05) is 19.1 Å². The summed E-state index contributed by atoms with van der Waals surface area (Å²) < 4.78 is 17.5. The second-order valence-electron chi connectivity index (χ2n) is 14.6. The number of hydrogen-bond acceptors (Lipinski definition) is 16. The van der Waals surface area contributed by atoms with Crippen molar-refractivity contribution < 1.29 is 8.83 Å². The Morgan fingerprint density at radius 2 is 1.25 bits per heavy atom. The van der Waals surface area contributed by atoms with Crippen LogP contribution in [-0.2, 0) is 39.0 Å². The predicted octanol–water partition coefficient (Wildman–Crippen LogP) is 4.22. The summed E-state index contributed by atoms with van der Waals surface area (Å²) in [5, 5.41) is 22.6. The molecule has 0 amide bonds. The molecule has 2 aliphatic heterocycles. The summed E-state index contributed by atoms with van der Waals surface area (Å²) in [6, 6.07) is 15.5. The Kier molecular flexibility index (Phi) is 10.0. The quantitative estimate of drug-likeness (QED) is 0.204. The summed E-state index contributed by atoms with van der Waals surface area (Å²) in [6.07, 6.45) is 13.4. The van der Waals surface area contributed by atoms with Crippen molar-refractivity contribution in [2.75, 3.05) is 31.1 Å². The first-order valence-corrected chi connectivity index (χ1v) is 20.1.